The van der Waals surface area contributed by atoms with Gasteiger partial charge >= 0.3 is 0 Å². The van der Waals surface area contributed by atoms with Crippen LogP contribution in [0.15, 0.2) is 23.3 Å². The molecule has 3 aliphatic rings. The maximum Gasteiger partial charge on any atom is 0.205 e. The van der Waals surface area contributed by atoms with Crippen LogP contribution in [-0.4, -0.2) is 38.9 Å². The molecule has 4 atom stereocenters. The van der Waals surface area contributed by atoms with Crippen LogP contribution in [0.1, 0.15) is 55.1 Å². The second-order valence-corrected chi connectivity index (χ2v) is 8.57. The fraction of sp³-hybridized carbons (Fsp3) is 0.478. The van der Waals surface area contributed by atoms with E-state index in [0.29, 0.717) is 24.8 Å². The van der Waals surface area contributed by atoms with Gasteiger partial charge in [0.2, 0.25) is 5.78 Å². The Morgan fingerprint density at radius 1 is 1.21 bits per heavy atom. The Morgan fingerprint density at radius 2 is 1.90 bits per heavy atom. The van der Waals surface area contributed by atoms with E-state index in [1.165, 1.54) is 13.0 Å². The molecule has 152 valence electrons. The first kappa shape index (κ1) is 19.7. The van der Waals surface area contributed by atoms with Crippen LogP contribution in [0.25, 0.3) is 0 Å². The van der Waals surface area contributed by atoms with Gasteiger partial charge in [-0.05, 0) is 62.6 Å². The number of phenols is 1. The molecule has 0 spiro atoms. The van der Waals surface area contributed by atoms with E-state index in [1.54, 1.807) is 13.0 Å². The summed E-state index contributed by atoms with van der Waals surface area (Å²) in [5.41, 5.74) is -0.0633. The van der Waals surface area contributed by atoms with Gasteiger partial charge in [-0.15, -0.1) is 0 Å². The van der Waals surface area contributed by atoms with Crippen LogP contribution in [-0.2, 0) is 27.2 Å². The number of allylic oxidation sites excluding steroid dienone is 1. The largest absolute Gasteiger partial charge is 0.507 e. The number of aryl methyl sites for hydroxylation is 1. The minimum Gasteiger partial charge on any atom is -0.507 e. The maximum atomic E-state index is 13.4. The standard InChI is InChI=1S/C23H24O6/c1-4-12-5-6-16(25)19-15(12)9-13-8-14-7-10(2)17(11(3)24)21(27)23(14,29)22(28)18(13)20(19)26/h5-6,13-14,18,25,29H,4,7-9H2,1-3H3. The van der Waals surface area contributed by atoms with Gasteiger partial charge in [0.05, 0.1) is 17.1 Å². The third kappa shape index (κ3) is 2.51. The lowest BCUT2D eigenvalue weighted by atomic mass is 9.54. The molecule has 0 radical (unpaired) electrons. The second-order valence-electron chi connectivity index (χ2n) is 8.57. The average Bonchev–Trinajstić information content (AvgIpc) is 2.64. The summed E-state index contributed by atoms with van der Waals surface area (Å²) in [4.78, 5) is 51.6. The molecule has 4 unspecified atom stereocenters. The van der Waals surface area contributed by atoms with E-state index in [0.717, 1.165) is 11.1 Å². The van der Waals surface area contributed by atoms with E-state index in [2.05, 4.69) is 0 Å². The van der Waals surface area contributed by atoms with Crippen molar-refractivity contribution in [1.29, 1.82) is 0 Å². The number of carbonyl (C=O) groups excluding carboxylic acids is 4. The van der Waals surface area contributed by atoms with Crippen molar-refractivity contribution in [1.82, 2.24) is 0 Å². The highest BCUT2D eigenvalue weighted by molar-refractivity contribution is 6.32. The monoisotopic (exact) mass is 396 g/mol. The van der Waals surface area contributed by atoms with Crippen molar-refractivity contribution in [2.24, 2.45) is 17.8 Å². The van der Waals surface area contributed by atoms with E-state index >= 15 is 0 Å². The van der Waals surface area contributed by atoms with Crippen LogP contribution < -0.4 is 0 Å². The van der Waals surface area contributed by atoms with Crippen molar-refractivity contribution in [2.45, 2.75) is 52.1 Å². The summed E-state index contributed by atoms with van der Waals surface area (Å²) >= 11 is 0. The van der Waals surface area contributed by atoms with Gasteiger partial charge in [0, 0.05) is 5.92 Å². The van der Waals surface area contributed by atoms with Gasteiger partial charge in [0.25, 0.3) is 0 Å². The number of hydrogen-bond donors (Lipinski definition) is 2. The number of hydrogen-bond acceptors (Lipinski definition) is 6. The number of rotatable bonds is 2. The summed E-state index contributed by atoms with van der Waals surface area (Å²) in [7, 11) is 0. The molecule has 6 nitrogen and oxygen atoms in total. The lowest BCUT2D eigenvalue weighted by Crippen LogP contribution is -2.64. The quantitative estimate of drug-likeness (QED) is 0.586. The minimum atomic E-state index is -2.35. The molecule has 0 heterocycles. The Bertz CT molecular complexity index is 1020. The van der Waals surface area contributed by atoms with Crippen molar-refractivity contribution in [3.63, 3.8) is 0 Å². The van der Waals surface area contributed by atoms with Crippen molar-refractivity contribution in [2.75, 3.05) is 0 Å². The first-order chi connectivity index (χ1) is 13.6. The molecule has 1 fully saturated rings. The van der Waals surface area contributed by atoms with Crippen molar-refractivity contribution >= 4 is 23.1 Å². The molecule has 6 heteroatoms. The molecule has 1 aromatic carbocycles. The van der Waals surface area contributed by atoms with Crippen LogP contribution in [0, 0.1) is 17.8 Å². The van der Waals surface area contributed by atoms with Crippen LogP contribution >= 0.6 is 0 Å². The fourth-order valence-electron chi connectivity index (χ4n) is 5.64. The highest BCUT2D eigenvalue weighted by atomic mass is 16.3. The first-order valence-corrected chi connectivity index (χ1v) is 10.0. The number of ketones is 4. The summed E-state index contributed by atoms with van der Waals surface area (Å²) in [6.45, 7) is 4.88. The first-order valence-electron chi connectivity index (χ1n) is 10.0. The summed E-state index contributed by atoms with van der Waals surface area (Å²) in [6, 6.07) is 3.24. The van der Waals surface area contributed by atoms with Gasteiger partial charge in [0.15, 0.2) is 23.0 Å². The van der Waals surface area contributed by atoms with Crippen molar-refractivity contribution in [3.05, 3.63) is 40.0 Å². The molecule has 0 saturated heterocycles. The van der Waals surface area contributed by atoms with Crippen LogP contribution in [0.5, 0.6) is 5.75 Å². The highest BCUT2D eigenvalue weighted by Crippen LogP contribution is 2.50. The van der Waals surface area contributed by atoms with Gasteiger partial charge in [-0.2, -0.15) is 0 Å². The molecule has 1 aromatic rings. The molecular weight excluding hydrogens is 372 g/mol. The fourth-order valence-corrected chi connectivity index (χ4v) is 5.64. The van der Waals surface area contributed by atoms with Gasteiger partial charge in [-0.1, -0.05) is 18.6 Å². The van der Waals surface area contributed by atoms with Crippen LogP contribution in [0.3, 0.4) is 0 Å². The Hall–Kier alpha value is -2.60. The summed E-state index contributed by atoms with van der Waals surface area (Å²) in [5.74, 6) is -5.08. The zero-order valence-corrected chi connectivity index (χ0v) is 16.7. The topological polar surface area (TPSA) is 109 Å². The number of fused-ring (bicyclic) bond motifs is 3. The van der Waals surface area contributed by atoms with Gasteiger partial charge in [-0.25, -0.2) is 0 Å². The number of aromatic hydroxyl groups is 1. The number of phenolic OH excluding ortho intramolecular Hbond substituents is 1. The Labute approximate surface area is 168 Å². The Morgan fingerprint density at radius 3 is 2.52 bits per heavy atom. The lowest BCUT2D eigenvalue weighted by molar-refractivity contribution is -0.165. The van der Waals surface area contributed by atoms with E-state index < -0.39 is 40.6 Å². The van der Waals surface area contributed by atoms with Gasteiger partial charge < -0.3 is 10.2 Å². The molecule has 2 N–H and O–H groups in total. The molecule has 0 amide bonds. The molecule has 3 aliphatic carbocycles. The normalized spacial score (nSPS) is 31.3. The molecule has 29 heavy (non-hydrogen) atoms. The number of aliphatic hydroxyl groups is 1. The van der Waals surface area contributed by atoms with Crippen LogP contribution in [0.2, 0.25) is 0 Å². The third-order valence-electron chi connectivity index (χ3n) is 6.98. The molecule has 0 aliphatic heterocycles. The smallest absolute Gasteiger partial charge is 0.205 e. The maximum absolute atomic E-state index is 13.4. The highest BCUT2D eigenvalue weighted by Gasteiger charge is 2.63. The second kappa shape index (κ2) is 6.46. The van der Waals surface area contributed by atoms with E-state index in [9.17, 15) is 29.4 Å². The summed E-state index contributed by atoms with van der Waals surface area (Å²) in [6.07, 6.45) is 1.74. The minimum absolute atomic E-state index is 0.128. The number of benzene rings is 1. The zero-order chi connectivity index (χ0) is 21.2. The zero-order valence-electron chi connectivity index (χ0n) is 16.7. The van der Waals surface area contributed by atoms with Crippen molar-refractivity contribution < 1.29 is 29.4 Å². The van der Waals surface area contributed by atoms with Gasteiger partial charge in [-0.3, -0.25) is 19.2 Å². The molecule has 0 bridgehead atoms. The molecular formula is C23H24O6. The average molecular weight is 396 g/mol. The van der Waals surface area contributed by atoms with E-state index in [4.69, 9.17) is 0 Å². The van der Waals surface area contributed by atoms with E-state index in [-0.39, 0.29) is 29.2 Å². The SMILES string of the molecule is CCc1ccc(O)c2c1CC1CC3CC(C)=C(C(C)=O)C(=O)C3(O)C(=O)C1C2=O. The third-order valence-corrected chi connectivity index (χ3v) is 6.98. The summed E-state index contributed by atoms with van der Waals surface area (Å²) in [5, 5.41) is 21.5. The number of carbonyl (C=O) groups is 4. The lowest BCUT2D eigenvalue weighted by Gasteiger charge is -2.48. The predicted molar refractivity (Wildman–Crippen MR) is 104 cm³/mol. The molecule has 0 aromatic heterocycles. The number of Topliss-reactive ketones (excluding diaryl/α,β-unsaturated/α-hetero) is 4. The predicted octanol–water partition coefficient (Wildman–Crippen LogP) is 2.12. The van der Waals surface area contributed by atoms with E-state index in [1.807, 2.05) is 6.92 Å². The van der Waals surface area contributed by atoms with Gasteiger partial charge in [0.1, 0.15) is 5.75 Å². The molecule has 4 rings (SSSR count). The van der Waals surface area contributed by atoms with Crippen LogP contribution in [0.4, 0.5) is 0 Å². The molecule has 1 saturated carbocycles. The Kier molecular flexibility index (Phi) is 4.39. The van der Waals surface area contributed by atoms with Crippen molar-refractivity contribution in [3.8, 4) is 5.75 Å². The Balaban J connectivity index is 1.84. The summed E-state index contributed by atoms with van der Waals surface area (Å²) < 4.78 is 0.